The van der Waals surface area contributed by atoms with Crippen LogP contribution in [0.15, 0.2) is 24.4 Å². The number of fused-ring (bicyclic) bond motifs is 3. The highest BCUT2D eigenvalue weighted by Crippen LogP contribution is 2.30. The van der Waals surface area contributed by atoms with Crippen molar-refractivity contribution in [2.24, 2.45) is 5.92 Å². The summed E-state index contributed by atoms with van der Waals surface area (Å²) in [5, 5.41) is 6.86. The second-order valence-electron chi connectivity index (χ2n) is 6.10. The van der Waals surface area contributed by atoms with Gasteiger partial charge in [0.15, 0.2) is 5.82 Å². The Morgan fingerprint density at radius 3 is 2.86 bits per heavy atom. The van der Waals surface area contributed by atoms with Crippen molar-refractivity contribution >= 4 is 39.2 Å². The number of aryl methyl sites for hydroxylation is 1. The average molecular weight is 317 g/mol. The number of rotatable bonds is 5. The van der Waals surface area contributed by atoms with Gasteiger partial charge in [0, 0.05) is 29.4 Å². The predicted octanol–water partition coefficient (Wildman–Crippen LogP) is 3.99. The van der Waals surface area contributed by atoms with E-state index in [2.05, 4.69) is 42.3 Å². The van der Waals surface area contributed by atoms with E-state index in [4.69, 9.17) is 17.3 Å². The maximum Gasteiger partial charge on any atom is 0.152 e. The van der Waals surface area contributed by atoms with Crippen LogP contribution < -0.4 is 5.73 Å². The minimum Gasteiger partial charge on any atom is -0.382 e. The second kappa shape index (κ2) is 6.13. The van der Waals surface area contributed by atoms with E-state index in [1.165, 1.54) is 10.9 Å². The molecule has 3 aromatic rings. The number of nitrogen functional groups attached to an aromatic ring is 1. The SMILES string of the molecule is CC(C)Cc1cccc2nc(N)c3nn(CCCCl)cc3c12. The fraction of sp³-hybridized carbons (Fsp3) is 0.412. The molecule has 0 radical (unpaired) electrons. The molecule has 4 nitrogen and oxygen atoms in total. The monoisotopic (exact) mass is 316 g/mol. The van der Waals surface area contributed by atoms with Crippen LogP contribution in [0.1, 0.15) is 25.8 Å². The molecule has 116 valence electrons. The number of nitrogens with zero attached hydrogens (tertiary/aromatic N) is 3. The van der Waals surface area contributed by atoms with Crippen molar-refractivity contribution in [2.75, 3.05) is 11.6 Å². The van der Waals surface area contributed by atoms with Crippen molar-refractivity contribution in [3.63, 3.8) is 0 Å². The Morgan fingerprint density at radius 1 is 1.32 bits per heavy atom. The molecule has 2 heterocycles. The zero-order chi connectivity index (χ0) is 15.7. The van der Waals surface area contributed by atoms with Crippen LogP contribution >= 0.6 is 11.6 Å². The van der Waals surface area contributed by atoms with Crippen LogP contribution in [0.5, 0.6) is 0 Å². The first-order chi connectivity index (χ1) is 10.6. The lowest BCUT2D eigenvalue weighted by Gasteiger charge is -2.10. The molecule has 0 saturated heterocycles. The molecule has 5 heteroatoms. The van der Waals surface area contributed by atoms with Gasteiger partial charge in [-0.2, -0.15) is 5.10 Å². The van der Waals surface area contributed by atoms with Crippen molar-refractivity contribution in [1.82, 2.24) is 14.8 Å². The smallest absolute Gasteiger partial charge is 0.152 e. The van der Waals surface area contributed by atoms with E-state index in [-0.39, 0.29) is 0 Å². The molecule has 0 aliphatic rings. The molecule has 0 saturated carbocycles. The lowest BCUT2D eigenvalue weighted by atomic mass is 9.97. The third kappa shape index (κ3) is 2.75. The molecule has 1 aromatic carbocycles. The lowest BCUT2D eigenvalue weighted by molar-refractivity contribution is 0.611. The standard InChI is InChI=1S/C17H21ClN4/c1-11(2)9-12-5-3-6-14-15(12)13-10-22(8-4-7-18)21-16(13)17(19)20-14/h3,5-6,10-11H,4,7-9H2,1-2H3,(H2,19,20). The first-order valence-corrected chi connectivity index (χ1v) is 8.23. The van der Waals surface area contributed by atoms with Gasteiger partial charge in [0.2, 0.25) is 0 Å². The molecule has 0 aliphatic heterocycles. The van der Waals surface area contributed by atoms with Crippen LogP contribution in [0.25, 0.3) is 21.8 Å². The normalized spacial score (nSPS) is 11.8. The zero-order valence-corrected chi connectivity index (χ0v) is 13.8. The van der Waals surface area contributed by atoms with E-state index >= 15 is 0 Å². The molecule has 3 rings (SSSR count). The first-order valence-electron chi connectivity index (χ1n) is 7.70. The van der Waals surface area contributed by atoms with Crippen molar-refractivity contribution in [3.8, 4) is 0 Å². The van der Waals surface area contributed by atoms with Crippen molar-refractivity contribution in [2.45, 2.75) is 33.2 Å². The number of alkyl halides is 1. The maximum absolute atomic E-state index is 6.10. The topological polar surface area (TPSA) is 56.7 Å². The second-order valence-corrected chi connectivity index (χ2v) is 6.48. The van der Waals surface area contributed by atoms with E-state index in [1.54, 1.807) is 0 Å². The summed E-state index contributed by atoms with van der Waals surface area (Å²) in [6.45, 7) is 5.25. The van der Waals surface area contributed by atoms with Gasteiger partial charge < -0.3 is 5.73 Å². The first kappa shape index (κ1) is 15.1. The lowest BCUT2D eigenvalue weighted by Crippen LogP contribution is -1.99. The predicted molar refractivity (Wildman–Crippen MR) is 93.3 cm³/mol. The van der Waals surface area contributed by atoms with Crippen molar-refractivity contribution in [1.29, 1.82) is 0 Å². The Labute approximate surface area is 135 Å². The number of hydrogen-bond donors (Lipinski definition) is 1. The molecule has 0 fully saturated rings. The van der Waals surface area contributed by atoms with Gasteiger partial charge in [0.05, 0.1) is 5.52 Å². The van der Waals surface area contributed by atoms with Gasteiger partial charge in [-0.3, -0.25) is 4.68 Å². The maximum atomic E-state index is 6.10. The number of aromatic nitrogens is 3. The molecule has 0 aliphatic carbocycles. The summed E-state index contributed by atoms with van der Waals surface area (Å²) >= 11 is 5.78. The molecule has 0 spiro atoms. The number of anilines is 1. The summed E-state index contributed by atoms with van der Waals surface area (Å²) in [6.07, 6.45) is 3.98. The molecular weight excluding hydrogens is 296 g/mol. The highest BCUT2D eigenvalue weighted by Gasteiger charge is 2.14. The van der Waals surface area contributed by atoms with E-state index < -0.39 is 0 Å². The third-order valence-corrected chi connectivity index (χ3v) is 4.06. The Hall–Kier alpha value is -1.81. The molecular formula is C17H21ClN4. The Bertz CT molecular complexity index is 807. The van der Waals surface area contributed by atoms with Gasteiger partial charge >= 0.3 is 0 Å². The van der Waals surface area contributed by atoms with E-state index in [0.29, 0.717) is 17.6 Å². The van der Waals surface area contributed by atoms with E-state index in [9.17, 15) is 0 Å². The van der Waals surface area contributed by atoms with Gasteiger partial charge in [0.25, 0.3) is 0 Å². The summed E-state index contributed by atoms with van der Waals surface area (Å²) in [5.41, 5.74) is 9.14. The quantitative estimate of drug-likeness (QED) is 0.724. The van der Waals surface area contributed by atoms with Gasteiger partial charge in [-0.05, 0) is 30.4 Å². The van der Waals surface area contributed by atoms with Crippen LogP contribution in [0.4, 0.5) is 5.82 Å². The molecule has 22 heavy (non-hydrogen) atoms. The molecule has 0 bridgehead atoms. The Morgan fingerprint density at radius 2 is 2.14 bits per heavy atom. The summed E-state index contributed by atoms with van der Waals surface area (Å²) in [4.78, 5) is 4.54. The molecule has 0 atom stereocenters. The van der Waals surface area contributed by atoms with Gasteiger partial charge in [-0.25, -0.2) is 4.98 Å². The van der Waals surface area contributed by atoms with Crippen LogP contribution in [0.3, 0.4) is 0 Å². The van der Waals surface area contributed by atoms with Crippen LogP contribution in [-0.4, -0.2) is 20.6 Å². The van der Waals surface area contributed by atoms with Crippen LogP contribution in [0, 0.1) is 5.92 Å². The van der Waals surface area contributed by atoms with Crippen LogP contribution in [-0.2, 0) is 13.0 Å². The number of halogens is 1. The molecule has 2 aromatic heterocycles. The van der Waals surface area contributed by atoms with Gasteiger partial charge in [0.1, 0.15) is 5.52 Å². The third-order valence-electron chi connectivity index (χ3n) is 3.79. The number of benzene rings is 1. The average Bonchev–Trinajstić information content (AvgIpc) is 2.89. The highest BCUT2D eigenvalue weighted by molar-refractivity contribution is 6.17. The van der Waals surface area contributed by atoms with Gasteiger partial charge in [-0.15, -0.1) is 11.6 Å². The number of hydrogen-bond acceptors (Lipinski definition) is 3. The molecule has 0 unspecified atom stereocenters. The fourth-order valence-corrected chi connectivity index (χ4v) is 3.03. The number of pyridine rings is 1. The molecule has 2 N–H and O–H groups in total. The fourth-order valence-electron chi connectivity index (χ4n) is 2.91. The Kier molecular flexibility index (Phi) is 4.21. The van der Waals surface area contributed by atoms with Gasteiger partial charge in [-0.1, -0.05) is 26.0 Å². The number of nitrogens with two attached hydrogens (primary N) is 1. The zero-order valence-electron chi connectivity index (χ0n) is 13.0. The van der Waals surface area contributed by atoms with Crippen molar-refractivity contribution < 1.29 is 0 Å². The van der Waals surface area contributed by atoms with Crippen molar-refractivity contribution in [3.05, 3.63) is 30.0 Å². The minimum atomic E-state index is 0.494. The molecule has 0 amide bonds. The largest absolute Gasteiger partial charge is 0.382 e. The Balaban J connectivity index is 2.24. The minimum absolute atomic E-state index is 0.494. The van der Waals surface area contributed by atoms with Crippen LogP contribution in [0.2, 0.25) is 0 Å². The summed E-state index contributed by atoms with van der Waals surface area (Å²) in [7, 11) is 0. The van der Waals surface area contributed by atoms with E-state index in [0.717, 1.165) is 35.8 Å². The van der Waals surface area contributed by atoms with E-state index in [1.807, 2.05) is 10.7 Å². The highest BCUT2D eigenvalue weighted by atomic mass is 35.5. The summed E-state index contributed by atoms with van der Waals surface area (Å²) in [5.74, 6) is 1.71. The summed E-state index contributed by atoms with van der Waals surface area (Å²) in [6, 6.07) is 6.25. The summed E-state index contributed by atoms with van der Waals surface area (Å²) < 4.78 is 1.93.